The third-order valence-electron chi connectivity index (χ3n) is 4.67. The maximum absolute atomic E-state index is 13.5. The van der Waals surface area contributed by atoms with E-state index in [1.807, 2.05) is 0 Å². The molecule has 0 saturated heterocycles. The maximum Gasteiger partial charge on any atom is 0.268 e. The van der Waals surface area contributed by atoms with Crippen molar-refractivity contribution >= 4 is 16.8 Å². The van der Waals surface area contributed by atoms with Gasteiger partial charge >= 0.3 is 0 Å². The average molecular weight is 258 g/mol. The van der Waals surface area contributed by atoms with Crippen LogP contribution in [0.15, 0.2) is 18.2 Å². The molecule has 2 bridgehead atoms. The summed E-state index contributed by atoms with van der Waals surface area (Å²) in [5.41, 5.74) is 1.98. The first kappa shape index (κ1) is 11.0. The molecule has 0 spiro atoms. The molecular weight excluding hydrogens is 243 g/mol. The van der Waals surface area contributed by atoms with Crippen LogP contribution in [-0.2, 0) is 0 Å². The van der Waals surface area contributed by atoms with E-state index >= 15 is 0 Å². The molecular formula is C15H15FN2O. The van der Waals surface area contributed by atoms with Crippen molar-refractivity contribution in [2.24, 2.45) is 5.92 Å². The topological polar surface area (TPSA) is 44.9 Å². The van der Waals surface area contributed by atoms with E-state index in [1.165, 1.54) is 6.07 Å². The Labute approximate surface area is 110 Å². The molecule has 3 aliphatic carbocycles. The van der Waals surface area contributed by atoms with Gasteiger partial charge in [-0.15, -0.1) is 0 Å². The van der Waals surface area contributed by atoms with Crippen molar-refractivity contribution in [1.82, 2.24) is 10.3 Å². The van der Waals surface area contributed by atoms with E-state index in [0.717, 1.165) is 36.1 Å². The number of hydrogen-bond acceptors (Lipinski definition) is 1. The molecule has 5 rings (SSSR count). The SMILES string of the molecule is Cc1c(F)ccc2[nH]c(C(=O)NC34CC(C3)C4)cc12. The lowest BCUT2D eigenvalue weighted by Gasteiger charge is -2.61. The molecule has 3 nitrogen and oxygen atoms in total. The number of hydrogen-bond donors (Lipinski definition) is 2. The lowest BCUT2D eigenvalue weighted by Crippen LogP contribution is -2.68. The summed E-state index contributed by atoms with van der Waals surface area (Å²) in [6.45, 7) is 1.73. The second kappa shape index (κ2) is 3.38. The van der Waals surface area contributed by atoms with Gasteiger partial charge in [0.05, 0.1) is 0 Å². The van der Waals surface area contributed by atoms with Crippen LogP contribution in [0.25, 0.3) is 10.9 Å². The first-order chi connectivity index (χ1) is 9.06. The smallest absolute Gasteiger partial charge is 0.268 e. The summed E-state index contributed by atoms with van der Waals surface area (Å²) in [5, 5.41) is 3.89. The summed E-state index contributed by atoms with van der Waals surface area (Å²) in [6, 6.07) is 4.85. The number of halogens is 1. The molecule has 4 heteroatoms. The molecule has 0 radical (unpaired) electrons. The second-order valence-electron chi connectivity index (χ2n) is 6.03. The number of carbonyl (C=O) groups is 1. The van der Waals surface area contributed by atoms with Crippen molar-refractivity contribution in [3.8, 4) is 0 Å². The number of aromatic nitrogens is 1. The number of amides is 1. The number of H-pyrrole nitrogens is 1. The van der Waals surface area contributed by atoms with Crippen molar-refractivity contribution in [2.75, 3.05) is 0 Å². The highest BCUT2D eigenvalue weighted by molar-refractivity contribution is 5.99. The summed E-state index contributed by atoms with van der Waals surface area (Å²) >= 11 is 0. The number of rotatable bonds is 2. The quantitative estimate of drug-likeness (QED) is 0.854. The molecule has 2 N–H and O–H groups in total. The lowest BCUT2D eigenvalue weighted by molar-refractivity contribution is -0.0439. The van der Waals surface area contributed by atoms with Crippen LogP contribution in [0.5, 0.6) is 0 Å². The minimum atomic E-state index is -0.238. The zero-order valence-corrected chi connectivity index (χ0v) is 10.7. The minimum absolute atomic E-state index is 0.0688. The van der Waals surface area contributed by atoms with Crippen LogP contribution in [0, 0.1) is 18.7 Å². The van der Waals surface area contributed by atoms with E-state index < -0.39 is 0 Å². The van der Waals surface area contributed by atoms with E-state index in [0.29, 0.717) is 11.3 Å². The van der Waals surface area contributed by atoms with Crippen molar-refractivity contribution in [3.63, 3.8) is 0 Å². The summed E-state index contributed by atoms with van der Waals surface area (Å²) in [6.07, 6.45) is 3.35. The average Bonchev–Trinajstić information content (AvgIpc) is 2.71. The highest BCUT2D eigenvalue weighted by atomic mass is 19.1. The normalized spacial score (nSPS) is 27.8. The molecule has 3 aliphatic rings. The number of nitrogens with one attached hydrogen (secondary N) is 2. The summed E-state index contributed by atoms with van der Waals surface area (Å²) in [4.78, 5) is 15.3. The summed E-state index contributed by atoms with van der Waals surface area (Å²) < 4.78 is 13.5. The van der Waals surface area contributed by atoms with Gasteiger partial charge < -0.3 is 10.3 Å². The molecule has 1 heterocycles. The Hall–Kier alpha value is -1.84. The van der Waals surface area contributed by atoms with Gasteiger partial charge in [-0.05, 0) is 55.9 Å². The van der Waals surface area contributed by atoms with Gasteiger partial charge in [0, 0.05) is 16.4 Å². The zero-order chi connectivity index (χ0) is 13.2. The van der Waals surface area contributed by atoms with E-state index in [-0.39, 0.29) is 17.3 Å². The summed E-state index contributed by atoms with van der Waals surface area (Å²) in [5.74, 6) is 0.520. The van der Waals surface area contributed by atoms with Gasteiger partial charge in [0.15, 0.2) is 0 Å². The van der Waals surface area contributed by atoms with Gasteiger partial charge in [0.2, 0.25) is 0 Å². The fourth-order valence-corrected chi connectivity index (χ4v) is 3.38. The van der Waals surface area contributed by atoms with Crippen molar-refractivity contribution < 1.29 is 9.18 Å². The van der Waals surface area contributed by atoms with Crippen LogP contribution in [0.2, 0.25) is 0 Å². The lowest BCUT2D eigenvalue weighted by atomic mass is 9.50. The van der Waals surface area contributed by atoms with E-state index in [9.17, 15) is 9.18 Å². The largest absolute Gasteiger partial charge is 0.351 e. The Bertz CT molecular complexity index is 686. The van der Waals surface area contributed by atoms with Crippen molar-refractivity contribution in [2.45, 2.75) is 31.7 Å². The van der Waals surface area contributed by atoms with Crippen LogP contribution < -0.4 is 5.32 Å². The van der Waals surface area contributed by atoms with Crippen molar-refractivity contribution in [1.29, 1.82) is 0 Å². The number of benzene rings is 1. The molecule has 1 aromatic carbocycles. The van der Waals surface area contributed by atoms with E-state index in [4.69, 9.17) is 0 Å². The standard InChI is InChI=1S/C15H15FN2O/c1-8-10-4-13(17-12(10)3-2-11(8)16)14(19)18-15-5-9(6-15)7-15/h2-4,9,17H,5-7H2,1H3,(H,18,19). The highest BCUT2D eigenvalue weighted by Crippen LogP contribution is 2.56. The molecule has 0 atom stereocenters. The third kappa shape index (κ3) is 1.46. The number of aryl methyl sites for hydroxylation is 1. The maximum atomic E-state index is 13.5. The Kier molecular flexibility index (Phi) is 1.96. The molecule has 3 saturated carbocycles. The van der Waals surface area contributed by atoms with Gasteiger partial charge in [-0.2, -0.15) is 0 Å². The number of fused-ring (bicyclic) bond motifs is 1. The predicted octanol–water partition coefficient (Wildman–Crippen LogP) is 2.90. The molecule has 0 unspecified atom stereocenters. The Morgan fingerprint density at radius 2 is 2.16 bits per heavy atom. The van der Waals surface area contributed by atoms with E-state index in [1.54, 1.807) is 19.1 Å². The monoisotopic (exact) mass is 258 g/mol. The Morgan fingerprint density at radius 1 is 1.42 bits per heavy atom. The van der Waals surface area contributed by atoms with Gasteiger partial charge in [-0.3, -0.25) is 4.79 Å². The van der Waals surface area contributed by atoms with Crippen LogP contribution in [0.1, 0.15) is 35.3 Å². The zero-order valence-electron chi connectivity index (χ0n) is 10.7. The first-order valence-electron chi connectivity index (χ1n) is 6.67. The van der Waals surface area contributed by atoms with Crippen LogP contribution >= 0.6 is 0 Å². The molecule has 3 fully saturated rings. The predicted molar refractivity (Wildman–Crippen MR) is 70.5 cm³/mol. The van der Waals surface area contributed by atoms with Gasteiger partial charge in [0.1, 0.15) is 11.5 Å². The van der Waals surface area contributed by atoms with Gasteiger partial charge in [-0.25, -0.2) is 4.39 Å². The summed E-state index contributed by atoms with van der Waals surface area (Å²) in [7, 11) is 0. The number of aromatic amines is 1. The Balaban J connectivity index is 1.67. The van der Waals surface area contributed by atoms with Gasteiger partial charge in [-0.1, -0.05) is 0 Å². The van der Waals surface area contributed by atoms with Crippen LogP contribution in [0.4, 0.5) is 4.39 Å². The minimum Gasteiger partial charge on any atom is -0.351 e. The van der Waals surface area contributed by atoms with Gasteiger partial charge in [0.25, 0.3) is 5.91 Å². The van der Waals surface area contributed by atoms with Crippen LogP contribution in [0.3, 0.4) is 0 Å². The fourth-order valence-electron chi connectivity index (χ4n) is 3.38. The second-order valence-corrected chi connectivity index (χ2v) is 6.03. The third-order valence-corrected chi connectivity index (χ3v) is 4.67. The molecule has 2 aromatic rings. The fraction of sp³-hybridized carbons (Fsp3) is 0.400. The van der Waals surface area contributed by atoms with E-state index in [2.05, 4.69) is 10.3 Å². The molecule has 19 heavy (non-hydrogen) atoms. The van der Waals surface area contributed by atoms with Crippen LogP contribution in [-0.4, -0.2) is 16.4 Å². The molecule has 1 amide bonds. The molecule has 1 aromatic heterocycles. The van der Waals surface area contributed by atoms with Crippen molar-refractivity contribution in [3.05, 3.63) is 35.3 Å². The molecule has 0 aliphatic heterocycles. The molecule has 98 valence electrons. The number of carbonyl (C=O) groups excluding carboxylic acids is 1. The highest BCUT2D eigenvalue weighted by Gasteiger charge is 2.57. The Morgan fingerprint density at radius 3 is 2.79 bits per heavy atom. The first-order valence-corrected chi connectivity index (χ1v) is 6.67.